The van der Waals surface area contributed by atoms with Crippen LogP contribution in [0.2, 0.25) is 0 Å². The maximum Gasteiger partial charge on any atom is 0.471 e. The van der Waals surface area contributed by atoms with Crippen LogP contribution in [-0.2, 0) is 9.53 Å². The van der Waals surface area contributed by atoms with E-state index in [1.54, 1.807) is 23.5 Å². The summed E-state index contributed by atoms with van der Waals surface area (Å²) in [5, 5.41) is 23.3. The summed E-state index contributed by atoms with van der Waals surface area (Å²) in [6.07, 6.45) is -7.90. The number of Topliss-reactive ketones (excluding diaryl/α,β-unsaturated/α-hetero) is 1. The van der Waals surface area contributed by atoms with Crippen LogP contribution in [0.15, 0.2) is 42.6 Å². The second kappa shape index (κ2) is 8.26. The van der Waals surface area contributed by atoms with Crippen LogP contribution in [-0.4, -0.2) is 75.8 Å². The number of benzene rings is 1. The molecule has 0 bridgehead atoms. The van der Waals surface area contributed by atoms with Crippen molar-refractivity contribution in [3.05, 3.63) is 48.2 Å². The van der Waals surface area contributed by atoms with Gasteiger partial charge in [-0.15, -0.1) is 0 Å². The Bertz CT molecular complexity index is 896. The van der Waals surface area contributed by atoms with Crippen LogP contribution in [0.5, 0.6) is 0 Å². The number of carbonyl (C=O) groups excluding carboxylic acids is 3. The lowest BCUT2D eigenvalue weighted by atomic mass is 9.97. The van der Waals surface area contributed by atoms with Gasteiger partial charge in [-0.05, 0) is 6.08 Å². The predicted octanol–water partition coefficient (Wildman–Crippen LogP) is -0.812. The monoisotopic (exact) mass is 444 g/mol. The van der Waals surface area contributed by atoms with Gasteiger partial charge in [-0.1, -0.05) is 30.3 Å². The molecule has 1 unspecified atom stereocenters. The zero-order valence-corrected chi connectivity index (χ0v) is 15.7. The number of amides is 3. The van der Waals surface area contributed by atoms with E-state index in [1.165, 1.54) is 12.1 Å². The molecule has 2 aliphatic rings. The molecule has 2 heterocycles. The first-order chi connectivity index (χ1) is 14.5. The molecule has 3 rings (SSSR count). The van der Waals surface area contributed by atoms with E-state index in [0.29, 0.717) is 0 Å². The van der Waals surface area contributed by atoms with Crippen LogP contribution in [0.3, 0.4) is 0 Å². The van der Waals surface area contributed by atoms with Crippen molar-refractivity contribution in [2.45, 2.75) is 36.3 Å². The molecule has 0 radical (unpaired) electrons. The number of ether oxygens (including phenoxy) is 1. The van der Waals surface area contributed by atoms with Gasteiger partial charge in [-0.2, -0.15) is 13.2 Å². The van der Waals surface area contributed by atoms with Gasteiger partial charge in [-0.3, -0.25) is 20.2 Å². The Morgan fingerprint density at radius 1 is 1.29 bits per heavy atom. The van der Waals surface area contributed by atoms with Gasteiger partial charge >= 0.3 is 18.1 Å². The normalized spacial score (nSPS) is 30.8. The Hall–Kier alpha value is -3.00. The molecule has 3 amide bonds. The molecular weight excluding hydrogens is 425 g/mol. The predicted molar refractivity (Wildman–Crippen MR) is 96.9 cm³/mol. The minimum Gasteiger partial charge on any atom is -0.394 e. The summed E-state index contributed by atoms with van der Waals surface area (Å²) >= 11 is 0. The first-order valence-corrected chi connectivity index (χ1v) is 8.98. The summed E-state index contributed by atoms with van der Waals surface area (Å²) < 4.78 is 43.3. The van der Waals surface area contributed by atoms with Crippen LogP contribution in [0.4, 0.5) is 18.0 Å². The Morgan fingerprint density at radius 2 is 1.94 bits per heavy atom. The molecule has 2 aliphatic heterocycles. The average Bonchev–Trinajstić information content (AvgIpc) is 3.03. The molecule has 5 atom stereocenters. The van der Waals surface area contributed by atoms with Crippen molar-refractivity contribution in [3.63, 3.8) is 0 Å². The van der Waals surface area contributed by atoms with E-state index in [-0.39, 0.29) is 5.56 Å². The van der Waals surface area contributed by atoms with Crippen molar-refractivity contribution in [1.82, 2.24) is 15.5 Å². The van der Waals surface area contributed by atoms with Crippen molar-refractivity contribution in [1.29, 1.82) is 0 Å². The van der Waals surface area contributed by atoms with Gasteiger partial charge in [0.25, 0.3) is 0 Å². The molecule has 1 fully saturated rings. The van der Waals surface area contributed by atoms with E-state index in [0.717, 1.165) is 17.2 Å². The van der Waals surface area contributed by atoms with Crippen LogP contribution < -0.4 is 16.4 Å². The number of hydrogen-bond donors (Lipinski definition) is 5. The molecule has 31 heavy (non-hydrogen) atoms. The van der Waals surface area contributed by atoms with E-state index in [1.807, 2.05) is 0 Å². The average molecular weight is 444 g/mol. The van der Waals surface area contributed by atoms with Gasteiger partial charge in [0, 0.05) is 11.8 Å². The SMILES string of the molecule is NC1(C(=O)c2ccccc2)C=CN([C@@H]2O[C@H](CO)[C@@H](O)[C@H]2NC(=O)C(F)(F)F)C(=O)N1. The Labute approximate surface area is 173 Å². The van der Waals surface area contributed by atoms with E-state index in [9.17, 15) is 37.8 Å². The number of aliphatic hydroxyl groups is 2. The summed E-state index contributed by atoms with van der Waals surface area (Å²) in [6, 6.07) is 5.06. The first-order valence-electron chi connectivity index (χ1n) is 8.98. The summed E-state index contributed by atoms with van der Waals surface area (Å²) in [6.45, 7) is -0.789. The number of ketones is 1. The molecule has 10 nitrogen and oxygen atoms in total. The highest BCUT2D eigenvalue weighted by Gasteiger charge is 2.52. The quantitative estimate of drug-likeness (QED) is 0.372. The fourth-order valence-electron chi connectivity index (χ4n) is 3.23. The van der Waals surface area contributed by atoms with Crippen molar-refractivity contribution in [3.8, 4) is 0 Å². The number of halogens is 3. The highest BCUT2D eigenvalue weighted by molar-refractivity contribution is 6.06. The molecule has 1 aromatic carbocycles. The number of urea groups is 1. The van der Waals surface area contributed by atoms with E-state index < -0.39 is 60.6 Å². The molecule has 0 aliphatic carbocycles. The van der Waals surface area contributed by atoms with Crippen LogP contribution >= 0.6 is 0 Å². The molecule has 6 N–H and O–H groups in total. The Kier molecular flexibility index (Phi) is 6.04. The van der Waals surface area contributed by atoms with Crippen molar-refractivity contribution < 1.29 is 42.5 Å². The van der Waals surface area contributed by atoms with E-state index in [4.69, 9.17) is 10.5 Å². The molecule has 0 spiro atoms. The minimum absolute atomic E-state index is 0.201. The smallest absolute Gasteiger partial charge is 0.394 e. The fourth-order valence-corrected chi connectivity index (χ4v) is 3.23. The van der Waals surface area contributed by atoms with Gasteiger partial charge in [0.15, 0.2) is 11.9 Å². The number of nitrogens with two attached hydrogens (primary N) is 1. The molecule has 0 aromatic heterocycles. The van der Waals surface area contributed by atoms with Crippen molar-refractivity contribution >= 4 is 17.7 Å². The molecule has 1 aromatic rings. The second-order valence-electron chi connectivity index (χ2n) is 6.95. The topological polar surface area (TPSA) is 154 Å². The lowest BCUT2D eigenvalue weighted by Crippen LogP contribution is -2.67. The summed E-state index contributed by atoms with van der Waals surface area (Å²) in [5.74, 6) is -3.02. The standard InChI is InChI=1S/C18H19F3N4O6/c19-18(20,21)15(29)23-11-12(27)10(8-26)31-14(11)25-7-6-17(22,24-16(25)30)13(28)9-4-2-1-3-5-9/h1-7,10-12,14,26-27H,8,22H2,(H,23,29)(H,24,30)/t10-,11-,12-,14-,17?/m1/s1. The van der Waals surface area contributed by atoms with Gasteiger partial charge in [-0.25, -0.2) is 4.79 Å². The molecular formula is C18H19F3N4O6. The van der Waals surface area contributed by atoms with E-state index >= 15 is 0 Å². The summed E-state index contributed by atoms with van der Waals surface area (Å²) in [5.41, 5.74) is 4.24. The Morgan fingerprint density at radius 3 is 2.48 bits per heavy atom. The van der Waals surface area contributed by atoms with Gasteiger partial charge in [0.2, 0.25) is 5.78 Å². The van der Waals surface area contributed by atoms with Crippen molar-refractivity contribution in [2.75, 3.05) is 6.61 Å². The third-order valence-electron chi connectivity index (χ3n) is 4.84. The lowest BCUT2D eigenvalue weighted by molar-refractivity contribution is -0.175. The van der Waals surface area contributed by atoms with E-state index in [2.05, 4.69) is 5.32 Å². The number of rotatable bonds is 5. The number of aliphatic hydroxyl groups excluding tert-OH is 2. The first kappa shape index (κ1) is 22.7. The Balaban J connectivity index is 1.85. The van der Waals surface area contributed by atoms with Crippen LogP contribution in [0, 0.1) is 0 Å². The molecule has 168 valence electrons. The third kappa shape index (κ3) is 4.39. The number of nitrogens with one attached hydrogen (secondary N) is 2. The number of carbonyl (C=O) groups is 3. The largest absolute Gasteiger partial charge is 0.471 e. The molecule has 0 saturated carbocycles. The third-order valence-corrected chi connectivity index (χ3v) is 4.84. The molecule has 1 saturated heterocycles. The van der Waals surface area contributed by atoms with Gasteiger partial charge in [0.1, 0.15) is 18.2 Å². The van der Waals surface area contributed by atoms with Crippen molar-refractivity contribution in [2.24, 2.45) is 5.73 Å². The number of hydrogen-bond acceptors (Lipinski definition) is 7. The lowest BCUT2D eigenvalue weighted by Gasteiger charge is -2.37. The van der Waals surface area contributed by atoms with Crippen LogP contribution in [0.25, 0.3) is 0 Å². The zero-order chi connectivity index (χ0) is 23.0. The van der Waals surface area contributed by atoms with Gasteiger partial charge in [0.05, 0.1) is 6.61 Å². The summed E-state index contributed by atoms with van der Waals surface area (Å²) in [7, 11) is 0. The highest BCUT2D eigenvalue weighted by Crippen LogP contribution is 2.28. The highest BCUT2D eigenvalue weighted by atomic mass is 19.4. The maximum atomic E-state index is 12.7. The van der Waals surface area contributed by atoms with Gasteiger partial charge < -0.3 is 25.6 Å². The number of alkyl halides is 3. The zero-order valence-electron chi connectivity index (χ0n) is 15.7. The minimum atomic E-state index is -5.25. The molecule has 13 heteroatoms. The maximum absolute atomic E-state index is 12.7. The van der Waals surface area contributed by atoms with Crippen LogP contribution in [0.1, 0.15) is 10.4 Å². The fraction of sp³-hybridized carbons (Fsp3) is 0.389. The summed E-state index contributed by atoms with van der Waals surface area (Å²) in [4.78, 5) is 37.4. The second-order valence-corrected chi connectivity index (χ2v) is 6.95. The number of nitrogens with zero attached hydrogens (tertiary/aromatic N) is 1.